The Hall–Kier alpha value is -1.95. The van der Waals surface area contributed by atoms with Crippen molar-refractivity contribution < 1.29 is 4.74 Å². The van der Waals surface area contributed by atoms with Crippen molar-refractivity contribution in [3.8, 4) is 5.75 Å². The largest absolute Gasteiger partial charge is 0.484 e. The van der Waals surface area contributed by atoms with Gasteiger partial charge < -0.3 is 4.74 Å². The van der Waals surface area contributed by atoms with Crippen molar-refractivity contribution in [1.29, 1.82) is 0 Å². The number of thioether (sulfide) groups is 1. The Bertz CT molecular complexity index is 943. The quantitative estimate of drug-likeness (QED) is 0.334. The molecule has 4 nitrogen and oxygen atoms in total. The van der Waals surface area contributed by atoms with E-state index in [-0.39, 0.29) is 6.61 Å². The summed E-state index contributed by atoms with van der Waals surface area (Å²) in [7, 11) is 0. The highest BCUT2D eigenvalue weighted by molar-refractivity contribution is 7.98. The average molecular weight is 420 g/mol. The summed E-state index contributed by atoms with van der Waals surface area (Å²) < 4.78 is 7.79. The predicted molar refractivity (Wildman–Crippen MR) is 112 cm³/mol. The Morgan fingerprint density at radius 2 is 2.04 bits per heavy atom. The van der Waals surface area contributed by atoms with E-state index in [0.717, 1.165) is 10.9 Å². The van der Waals surface area contributed by atoms with Crippen LogP contribution in [0.25, 0.3) is 0 Å². The van der Waals surface area contributed by atoms with E-state index in [2.05, 4.69) is 48.0 Å². The summed E-state index contributed by atoms with van der Waals surface area (Å²) in [5, 5.41) is 10.5. The van der Waals surface area contributed by atoms with Crippen molar-refractivity contribution in [3.05, 3.63) is 82.1 Å². The highest BCUT2D eigenvalue weighted by atomic mass is 35.5. The summed E-state index contributed by atoms with van der Waals surface area (Å²) >= 11 is 13.8. The van der Waals surface area contributed by atoms with Gasteiger partial charge in [-0.2, -0.15) is 0 Å². The Kier molecular flexibility index (Phi) is 6.83. The first-order valence-electron chi connectivity index (χ1n) is 8.36. The highest BCUT2D eigenvalue weighted by Gasteiger charge is 2.13. The zero-order valence-electron chi connectivity index (χ0n) is 14.9. The number of aryl methyl sites for hydroxylation is 1. The minimum Gasteiger partial charge on any atom is -0.484 e. The molecule has 3 rings (SSSR count). The van der Waals surface area contributed by atoms with E-state index in [4.69, 9.17) is 27.9 Å². The second-order valence-corrected chi connectivity index (χ2v) is 7.73. The van der Waals surface area contributed by atoms with Crippen LogP contribution in [0.15, 0.2) is 60.3 Å². The summed E-state index contributed by atoms with van der Waals surface area (Å²) in [5.41, 5.74) is 2.49. The molecule has 27 heavy (non-hydrogen) atoms. The number of hydrogen-bond donors (Lipinski definition) is 0. The van der Waals surface area contributed by atoms with E-state index in [1.807, 2.05) is 10.6 Å². The molecule has 0 aliphatic heterocycles. The number of hydrogen-bond acceptors (Lipinski definition) is 4. The van der Waals surface area contributed by atoms with Gasteiger partial charge in [-0.3, -0.25) is 4.57 Å². The molecule has 0 amide bonds. The molecule has 2 aromatic carbocycles. The lowest BCUT2D eigenvalue weighted by Gasteiger charge is -2.10. The van der Waals surface area contributed by atoms with Gasteiger partial charge >= 0.3 is 0 Å². The van der Waals surface area contributed by atoms with Crippen LogP contribution in [0.5, 0.6) is 5.75 Å². The van der Waals surface area contributed by atoms with E-state index in [0.29, 0.717) is 28.2 Å². The number of nitrogens with zero attached hydrogens (tertiary/aromatic N) is 3. The first kappa shape index (κ1) is 19.8. The van der Waals surface area contributed by atoms with E-state index in [1.165, 1.54) is 11.1 Å². The van der Waals surface area contributed by atoms with Gasteiger partial charge in [-0.25, -0.2) is 0 Å². The molecular formula is C20H19Cl2N3OS. The van der Waals surface area contributed by atoms with Gasteiger partial charge in [0.2, 0.25) is 0 Å². The van der Waals surface area contributed by atoms with Gasteiger partial charge in [-0.05, 0) is 24.6 Å². The van der Waals surface area contributed by atoms with Gasteiger partial charge in [0, 0.05) is 23.4 Å². The molecule has 0 fully saturated rings. The second-order valence-electron chi connectivity index (χ2n) is 5.94. The Morgan fingerprint density at radius 3 is 2.81 bits per heavy atom. The summed E-state index contributed by atoms with van der Waals surface area (Å²) in [6.07, 6.45) is 1.82. The molecule has 3 aromatic rings. The lowest BCUT2D eigenvalue weighted by molar-refractivity contribution is 0.289. The minimum absolute atomic E-state index is 0.242. The molecule has 140 valence electrons. The van der Waals surface area contributed by atoms with Crippen LogP contribution in [-0.2, 0) is 18.9 Å². The predicted octanol–water partition coefficient (Wildman–Crippen LogP) is 5.95. The summed E-state index contributed by atoms with van der Waals surface area (Å²) in [6, 6.07) is 13.5. The number of rotatable bonds is 8. The summed E-state index contributed by atoms with van der Waals surface area (Å²) in [5.74, 6) is 2.04. The average Bonchev–Trinajstić information content (AvgIpc) is 3.03. The molecule has 0 radical (unpaired) electrons. The topological polar surface area (TPSA) is 39.9 Å². The van der Waals surface area contributed by atoms with Crippen LogP contribution in [0.1, 0.15) is 17.0 Å². The fraction of sp³-hybridized carbons (Fsp3) is 0.200. The molecule has 7 heteroatoms. The number of ether oxygens (including phenoxy) is 1. The molecule has 0 bridgehead atoms. The minimum atomic E-state index is 0.242. The fourth-order valence-electron chi connectivity index (χ4n) is 2.52. The molecule has 0 N–H and O–H groups in total. The molecule has 0 saturated carbocycles. The first-order chi connectivity index (χ1) is 13.1. The zero-order valence-corrected chi connectivity index (χ0v) is 17.2. The molecule has 0 aliphatic rings. The maximum Gasteiger partial charge on any atom is 0.191 e. The van der Waals surface area contributed by atoms with Crippen molar-refractivity contribution in [3.63, 3.8) is 0 Å². The maximum atomic E-state index is 6.15. The van der Waals surface area contributed by atoms with Gasteiger partial charge in [0.15, 0.2) is 11.0 Å². The Labute approximate surface area is 173 Å². The first-order valence-corrected chi connectivity index (χ1v) is 10.1. The normalized spacial score (nSPS) is 10.8. The lowest BCUT2D eigenvalue weighted by Crippen LogP contribution is -2.07. The van der Waals surface area contributed by atoms with Crippen LogP contribution in [0.3, 0.4) is 0 Å². The van der Waals surface area contributed by atoms with E-state index in [1.54, 1.807) is 30.0 Å². The van der Waals surface area contributed by atoms with Crippen molar-refractivity contribution in [1.82, 2.24) is 14.8 Å². The van der Waals surface area contributed by atoms with Crippen LogP contribution < -0.4 is 4.74 Å². The van der Waals surface area contributed by atoms with Crippen LogP contribution in [0.2, 0.25) is 10.0 Å². The van der Waals surface area contributed by atoms with Crippen molar-refractivity contribution in [2.75, 3.05) is 0 Å². The number of aromatic nitrogens is 3. The molecule has 0 spiro atoms. The van der Waals surface area contributed by atoms with Gasteiger partial charge in [-0.1, -0.05) is 70.9 Å². The summed E-state index contributed by atoms with van der Waals surface area (Å²) in [4.78, 5) is 0. The van der Waals surface area contributed by atoms with Crippen LogP contribution in [-0.4, -0.2) is 14.8 Å². The second kappa shape index (κ2) is 9.31. The van der Waals surface area contributed by atoms with Crippen molar-refractivity contribution >= 4 is 35.0 Å². The highest BCUT2D eigenvalue weighted by Crippen LogP contribution is 2.29. The molecule has 0 aliphatic carbocycles. The number of benzene rings is 2. The third-order valence-electron chi connectivity index (χ3n) is 3.81. The number of allylic oxidation sites excluding steroid dienone is 1. The van der Waals surface area contributed by atoms with Crippen LogP contribution >= 0.6 is 35.0 Å². The van der Waals surface area contributed by atoms with Crippen LogP contribution in [0.4, 0.5) is 0 Å². The Balaban J connectivity index is 1.72. The lowest BCUT2D eigenvalue weighted by atomic mass is 10.2. The van der Waals surface area contributed by atoms with Crippen molar-refractivity contribution in [2.45, 2.75) is 31.0 Å². The molecule has 1 aromatic heterocycles. The van der Waals surface area contributed by atoms with E-state index < -0.39 is 0 Å². The molecule has 0 unspecified atom stereocenters. The van der Waals surface area contributed by atoms with Gasteiger partial charge in [-0.15, -0.1) is 16.8 Å². The fourth-order valence-corrected chi connectivity index (χ4v) is 3.77. The SMILES string of the molecule is C=CCn1c(COc2cc(Cl)ccc2Cl)nnc1SCc1cccc(C)c1. The van der Waals surface area contributed by atoms with Gasteiger partial charge in [0.1, 0.15) is 12.4 Å². The maximum absolute atomic E-state index is 6.15. The van der Waals surface area contributed by atoms with Crippen molar-refractivity contribution in [2.24, 2.45) is 0 Å². The molecule has 1 heterocycles. The smallest absolute Gasteiger partial charge is 0.191 e. The van der Waals surface area contributed by atoms with E-state index in [9.17, 15) is 0 Å². The third-order valence-corrected chi connectivity index (χ3v) is 5.39. The van der Waals surface area contributed by atoms with Crippen LogP contribution in [0, 0.1) is 6.92 Å². The monoisotopic (exact) mass is 419 g/mol. The van der Waals surface area contributed by atoms with Gasteiger partial charge in [0.25, 0.3) is 0 Å². The zero-order chi connectivity index (χ0) is 19.2. The molecule has 0 atom stereocenters. The molecular weight excluding hydrogens is 401 g/mol. The molecule has 0 saturated heterocycles. The van der Waals surface area contributed by atoms with Gasteiger partial charge in [0.05, 0.1) is 5.02 Å². The van der Waals surface area contributed by atoms with E-state index >= 15 is 0 Å². The number of halogens is 2. The standard InChI is InChI=1S/C20H19Cl2N3OS/c1-3-9-25-19(12-26-18-11-16(21)7-8-17(18)22)23-24-20(25)27-13-15-6-4-5-14(2)10-15/h3-8,10-11H,1,9,12-13H2,2H3. The Morgan fingerprint density at radius 1 is 1.19 bits per heavy atom. The third kappa shape index (κ3) is 5.28. The summed E-state index contributed by atoms with van der Waals surface area (Å²) in [6.45, 7) is 6.76.